The lowest BCUT2D eigenvalue weighted by Gasteiger charge is -2.23. The quantitative estimate of drug-likeness (QED) is 0.922. The molecule has 1 fully saturated rings. The van der Waals surface area contributed by atoms with Gasteiger partial charge in [0, 0.05) is 5.92 Å². The summed E-state index contributed by atoms with van der Waals surface area (Å²) in [5.74, 6) is 0.00549. The number of Topliss-reactive ketones (excluding diaryl/α,β-unsaturated/α-hetero) is 1. The van der Waals surface area contributed by atoms with Crippen molar-refractivity contribution in [3.63, 3.8) is 0 Å². The van der Waals surface area contributed by atoms with Crippen LogP contribution < -0.4 is 5.32 Å². The highest BCUT2D eigenvalue weighted by Gasteiger charge is 2.60. The average Bonchev–Trinajstić information content (AvgIpc) is 3.03. The summed E-state index contributed by atoms with van der Waals surface area (Å²) < 4.78 is 5.25. The van der Waals surface area contributed by atoms with Gasteiger partial charge in [-0.2, -0.15) is 0 Å². The lowest BCUT2D eigenvalue weighted by Crippen LogP contribution is -2.45. The summed E-state index contributed by atoms with van der Waals surface area (Å²) in [6.07, 6.45) is 0.0946. The predicted octanol–water partition coefficient (Wildman–Crippen LogP) is 3.03. The summed E-state index contributed by atoms with van der Waals surface area (Å²) in [5, 5.41) is 2.76. The molecule has 0 heterocycles. The molecule has 1 aliphatic rings. The fourth-order valence-corrected chi connectivity index (χ4v) is 2.45. The van der Waals surface area contributed by atoms with Gasteiger partial charge in [0.05, 0.1) is 0 Å². The van der Waals surface area contributed by atoms with Crippen molar-refractivity contribution in [2.75, 3.05) is 0 Å². The van der Waals surface area contributed by atoms with Crippen LogP contribution in [0.3, 0.4) is 0 Å². The van der Waals surface area contributed by atoms with Crippen molar-refractivity contribution in [1.29, 1.82) is 0 Å². The Balaban J connectivity index is 2.11. The van der Waals surface area contributed by atoms with E-state index in [4.69, 9.17) is 4.74 Å². The third-order valence-corrected chi connectivity index (χ3v) is 3.52. The van der Waals surface area contributed by atoms with Crippen molar-refractivity contribution in [2.24, 2.45) is 0 Å². The molecule has 2 rings (SSSR count). The third-order valence-electron chi connectivity index (χ3n) is 3.52. The average molecular weight is 275 g/mol. The van der Waals surface area contributed by atoms with E-state index in [0.29, 0.717) is 6.42 Å². The zero-order valence-electron chi connectivity index (χ0n) is 12.4. The molecule has 1 amide bonds. The standard InChI is InChI=1S/C16H21NO3/c1-11(18)16(17-14(19)20-15(2,3)4)10-13(16)12-8-6-5-7-9-12/h5-9,13H,10H2,1-4H3,(H,17,19)/t13-,16+/m0/s1. The van der Waals surface area contributed by atoms with E-state index in [-0.39, 0.29) is 11.7 Å². The first-order valence-electron chi connectivity index (χ1n) is 6.82. The van der Waals surface area contributed by atoms with E-state index in [1.807, 2.05) is 30.3 Å². The summed E-state index contributed by atoms with van der Waals surface area (Å²) in [5.41, 5.74) is -0.304. The minimum Gasteiger partial charge on any atom is -0.444 e. The minimum atomic E-state index is -0.802. The van der Waals surface area contributed by atoms with Crippen molar-refractivity contribution in [2.45, 2.75) is 51.2 Å². The molecule has 0 unspecified atom stereocenters. The van der Waals surface area contributed by atoms with Gasteiger partial charge in [-0.15, -0.1) is 0 Å². The molecular formula is C16H21NO3. The van der Waals surface area contributed by atoms with Crippen LogP contribution in [-0.2, 0) is 9.53 Å². The van der Waals surface area contributed by atoms with E-state index >= 15 is 0 Å². The van der Waals surface area contributed by atoms with Gasteiger partial charge >= 0.3 is 6.09 Å². The maximum absolute atomic E-state index is 11.9. The van der Waals surface area contributed by atoms with Crippen molar-refractivity contribution in [3.05, 3.63) is 35.9 Å². The minimum absolute atomic E-state index is 0.0304. The van der Waals surface area contributed by atoms with E-state index < -0.39 is 17.2 Å². The number of hydrogen-bond acceptors (Lipinski definition) is 3. The van der Waals surface area contributed by atoms with Crippen LogP contribution in [0.2, 0.25) is 0 Å². The zero-order valence-corrected chi connectivity index (χ0v) is 12.4. The van der Waals surface area contributed by atoms with Gasteiger partial charge in [0.1, 0.15) is 11.1 Å². The maximum Gasteiger partial charge on any atom is 0.408 e. The van der Waals surface area contributed by atoms with E-state index in [9.17, 15) is 9.59 Å². The van der Waals surface area contributed by atoms with E-state index in [2.05, 4.69) is 5.32 Å². The molecule has 4 nitrogen and oxygen atoms in total. The first-order valence-corrected chi connectivity index (χ1v) is 6.82. The molecule has 2 atom stereocenters. The second kappa shape index (κ2) is 4.93. The Morgan fingerprint density at radius 1 is 1.25 bits per heavy atom. The Bertz CT molecular complexity index is 518. The summed E-state index contributed by atoms with van der Waals surface area (Å²) in [6.45, 7) is 6.91. The molecule has 1 aromatic carbocycles. The van der Waals surface area contributed by atoms with Crippen molar-refractivity contribution >= 4 is 11.9 Å². The van der Waals surface area contributed by atoms with E-state index in [1.54, 1.807) is 20.8 Å². The molecule has 0 aliphatic heterocycles. The van der Waals surface area contributed by atoms with Crippen LogP contribution in [0.1, 0.15) is 45.6 Å². The third kappa shape index (κ3) is 3.00. The van der Waals surface area contributed by atoms with Crippen molar-refractivity contribution in [3.8, 4) is 0 Å². The molecule has 0 bridgehead atoms. The second-order valence-corrected chi connectivity index (χ2v) is 6.32. The van der Waals surface area contributed by atoms with E-state index in [1.165, 1.54) is 6.92 Å². The van der Waals surface area contributed by atoms with Gasteiger partial charge in [-0.1, -0.05) is 30.3 Å². The predicted molar refractivity (Wildman–Crippen MR) is 76.6 cm³/mol. The number of carbonyl (C=O) groups is 2. The number of benzene rings is 1. The Hall–Kier alpha value is -1.84. The van der Waals surface area contributed by atoms with Crippen LogP contribution in [0.4, 0.5) is 4.79 Å². The number of nitrogens with one attached hydrogen (secondary N) is 1. The smallest absolute Gasteiger partial charge is 0.408 e. The molecule has 0 radical (unpaired) electrons. The molecule has 1 aliphatic carbocycles. The highest BCUT2D eigenvalue weighted by molar-refractivity contribution is 5.94. The van der Waals surface area contributed by atoms with Gasteiger partial charge in [-0.05, 0) is 39.7 Å². The fourth-order valence-electron chi connectivity index (χ4n) is 2.45. The normalized spacial score (nSPS) is 24.9. The first kappa shape index (κ1) is 14.6. The second-order valence-electron chi connectivity index (χ2n) is 6.32. The summed E-state index contributed by atoms with van der Waals surface area (Å²) in [7, 11) is 0. The SMILES string of the molecule is CC(=O)[C@]1(NC(=O)OC(C)(C)C)C[C@H]1c1ccccc1. The summed E-state index contributed by atoms with van der Waals surface area (Å²) in [4.78, 5) is 23.9. The zero-order chi connectivity index (χ0) is 15.0. The molecule has 4 heteroatoms. The number of alkyl carbamates (subject to hydrolysis) is 1. The lowest BCUT2D eigenvalue weighted by molar-refractivity contribution is -0.120. The Kier molecular flexibility index (Phi) is 3.59. The monoisotopic (exact) mass is 275 g/mol. The van der Waals surface area contributed by atoms with Crippen LogP contribution in [0, 0.1) is 0 Å². The van der Waals surface area contributed by atoms with Crippen molar-refractivity contribution < 1.29 is 14.3 Å². The van der Waals surface area contributed by atoms with Crippen LogP contribution in [0.15, 0.2) is 30.3 Å². The largest absolute Gasteiger partial charge is 0.444 e. The van der Waals surface area contributed by atoms with Gasteiger partial charge in [0.15, 0.2) is 5.78 Å². The molecule has 0 spiro atoms. The molecule has 20 heavy (non-hydrogen) atoms. The van der Waals surface area contributed by atoms with Gasteiger partial charge in [-0.3, -0.25) is 4.79 Å². The molecule has 0 aromatic heterocycles. The van der Waals surface area contributed by atoms with Gasteiger partial charge < -0.3 is 10.1 Å². The van der Waals surface area contributed by atoms with Gasteiger partial charge in [-0.25, -0.2) is 4.79 Å². The van der Waals surface area contributed by atoms with Crippen molar-refractivity contribution in [1.82, 2.24) is 5.32 Å². The number of hydrogen-bond donors (Lipinski definition) is 1. The number of rotatable bonds is 3. The topological polar surface area (TPSA) is 55.4 Å². The number of carbonyl (C=O) groups excluding carboxylic acids is 2. The molecule has 1 aromatic rings. The number of ketones is 1. The van der Waals surface area contributed by atoms with E-state index in [0.717, 1.165) is 5.56 Å². The van der Waals surface area contributed by atoms with Gasteiger partial charge in [0.2, 0.25) is 0 Å². The van der Waals surface area contributed by atoms with Crippen LogP contribution in [0.25, 0.3) is 0 Å². The number of ether oxygens (including phenoxy) is 1. The number of amides is 1. The molecular weight excluding hydrogens is 254 g/mol. The fraction of sp³-hybridized carbons (Fsp3) is 0.500. The summed E-state index contributed by atoms with van der Waals surface area (Å²) >= 11 is 0. The van der Waals surface area contributed by atoms with Crippen LogP contribution in [0.5, 0.6) is 0 Å². The highest BCUT2D eigenvalue weighted by Crippen LogP contribution is 2.52. The molecule has 1 saturated carbocycles. The van der Waals surface area contributed by atoms with Crippen LogP contribution >= 0.6 is 0 Å². The molecule has 0 saturated heterocycles. The maximum atomic E-state index is 11.9. The molecule has 108 valence electrons. The Labute approximate surface area is 119 Å². The Morgan fingerprint density at radius 3 is 2.35 bits per heavy atom. The Morgan fingerprint density at radius 2 is 1.85 bits per heavy atom. The lowest BCUT2D eigenvalue weighted by atomic mass is 10.0. The summed E-state index contributed by atoms with van der Waals surface area (Å²) in [6, 6.07) is 9.76. The first-order chi connectivity index (χ1) is 9.24. The molecule has 1 N–H and O–H groups in total. The van der Waals surface area contributed by atoms with Gasteiger partial charge in [0.25, 0.3) is 0 Å². The highest BCUT2D eigenvalue weighted by atomic mass is 16.6. The van der Waals surface area contributed by atoms with Crippen LogP contribution in [-0.4, -0.2) is 23.0 Å².